The lowest BCUT2D eigenvalue weighted by Crippen LogP contribution is -2.43. The van der Waals surface area contributed by atoms with Crippen LogP contribution in [-0.4, -0.2) is 49.6 Å². The molecule has 1 aromatic heterocycles. The Labute approximate surface area is 243 Å². The molecule has 3 rings (SSSR count). The number of H-pyrrole nitrogens is 1. The van der Waals surface area contributed by atoms with E-state index in [-0.39, 0.29) is 28.1 Å². The summed E-state index contributed by atoms with van der Waals surface area (Å²) in [7, 11) is -2.10. The van der Waals surface area contributed by atoms with E-state index in [1.165, 1.54) is 18.2 Å². The van der Waals surface area contributed by atoms with Gasteiger partial charge in [-0.05, 0) is 67.2 Å². The van der Waals surface area contributed by atoms with Crippen LogP contribution in [0.25, 0.3) is 10.9 Å². The number of aromatic amines is 1. The number of aromatic nitrogens is 1. The highest BCUT2D eigenvalue weighted by Crippen LogP contribution is 2.41. The molecule has 224 valence electrons. The first-order valence-electron chi connectivity index (χ1n) is 14.4. The van der Waals surface area contributed by atoms with E-state index in [9.17, 15) is 20.0 Å². The maximum Gasteiger partial charge on any atom is 0.269 e. The van der Waals surface area contributed by atoms with Gasteiger partial charge in [-0.1, -0.05) is 51.8 Å². The Morgan fingerprint density at radius 2 is 1.71 bits per heavy atom. The highest BCUT2D eigenvalue weighted by atomic mass is 28.4. The van der Waals surface area contributed by atoms with Crippen LogP contribution in [0.5, 0.6) is 5.75 Å². The fraction of sp³-hybridized carbons (Fsp3) is 0.516. The number of nitrogens with zero attached hydrogens (tertiary/aromatic N) is 1. The third-order valence-corrected chi connectivity index (χ3v) is 12.4. The van der Waals surface area contributed by atoms with Crippen molar-refractivity contribution in [1.82, 2.24) is 10.3 Å². The molecule has 3 N–H and O–H groups in total. The van der Waals surface area contributed by atoms with Crippen molar-refractivity contribution in [2.45, 2.75) is 77.1 Å². The molecule has 0 fully saturated rings. The van der Waals surface area contributed by atoms with Crippen molar-refractivity contribution in [3.05, 3.63) is 80.1 Å². The molecule has 1 heterocycles. The number of aromatic hydroxyl groups is 1. The Balaban J connectivity index is 1.44. The van der Waals surface area contributed by atoms with Gasteiger partial charge in [-0.15, -0.1) is 0 Å². The van der Waals surface area contributed by atoms with Crippen LogP contribution < -0.4 is 10.9 Å². The van der Waals surface area contributed by atoms with Crippen molar-refractivity contribution in [2.75, 3.05) is 26.3 Å². The standard InChI is InChI=1S/C31H45N3O6Si/c1-31(2,3)41(4,5)40-28(25-14-16-27(35)30-26(25)15-17-29(36)33-30)22-32-19-8-6-7-9-20-39-21-18-23-10-12-24(13-11-23)34(37)38/h10-17,28,32,35H,6-9,18-22H2,1-5H3,(H,33,36). The van der Waals surface area contributed by atoms with Gasteiger partial charge in [0.05, 0.1) is 23.2 Å². The molecule has 0 spiro atoms. The summed E-state index contributed by atoms with van der Waals surface area (Å²) >= 11 is 0. The number of phenols is 1. The molecule has 2 aromatic carbocycles. The lowest BCUT2D eigenvalue weighted by Gasteiger charge is -2.39. The van der Waals surface area contributed by atoms with Crippen molar-refractivity contribution < 1.29 is 19.2 Å². The number of nitro groups is 1. The van der Waals surface area contributed by atoms with Crippen LogP contribution in [0.4, 0.5) is 5.69 Å². The van der Waals surface area contributed by atoms with Gasteiger partial charge in [0.15, 0.2) is 8.32 Å². The fourth-order valence-electron chi connectivity index (χ4n) is 4.40. The molecule has 1 atom stereocenters. The molecular formula is C31H45N3O6Si. The van der Waals surface area contributed by atoms with Crippen molar-refractivity contribution in [3.63, 3.8) is 0 Å². The van der Waals surface area contributed by atoms with Crippen LogP contribution in [0.3, 0.4) is 0 Å². The summed E-state index contributed by atoms with van der Waals surface area (Å²) in [5, 5.41) is 25.5. The van der Waals surface area contributed by atoms with E-state index < -0.39 is 13.2 Å². The Morgan fingerprint density at radius 1 is 1.00 bits per heavy atom. The van der Waals surface area contributed by atoms with Crippen molar-refractivity contribution in [3.8, 4) is 5.75 Å². The molecule has 3 aromatic rings. The SMILES string of the molecule is CC(C)(C)[Si](C)(C)OC(CNCCCCCCOCCc1ccc([N+](=O)[O-])cc1)c1ccc(O)c2[nH]c(=O)ccc12. The molecule has 10 heteroatoms. The van der Waals surface area contributed by atoms with Crippen LogP contribution in [0.2, 0.25) is 18.1 Å². The van der Waals surface area contributed by atoms with Gasteiger partial charge in [0.2, 0.25) is 5.56 Å². The number of nitro benzene ring substituents is 1. The monoisotopic (exact) mass is 583 g/mol. The highest BCUT2D eigenvalue weighted by Gasteiger charge is 2.39. The van der Waals surface area contributed by atoms with Crippen molar-refractivity contribution >= 4 is 24.9 Å². The van der Waals surface area contributed by atoms with Gasteiger partial charge in [-0.2, -0.15) is 0 Å². The fourth-order valence-corrected chi connectivity index (χ4v) is 5.68. The number of fused-ring (bicyclic) bond motifs is 1. The molecule has 9 nitrogen and oxygen atoms in total. The van der Waals surface area contributed by atoms with Gasteiger partial charge >= 0.3 is 0 Å². The lowest BCUT2D eigenvalue weighted by atomic mass is 10.0. The number of hydrogen-bond donors (Lipinski definition) is 3. The summed E-state index contributed by atoms with van der Waals surface area (Å²) < 4.78 is 12.6. The Morgan fingerprint density at radius 3 is 2.39 bits per heavy atom. The van der Waals surface area contributed by atoms with Crippen LogP contribution in [0.15, 0.2) is 53.3 Å². The van der Waals surface area contributed by atoms with E-state index in [0.717, 1.165) is 55.2 Å². The summed E-state index contributed by atoms with van der Waals surface area (Å²) in [5.74, 6) is 0.0517. The predicted octanol–water partition coefficient (Wildman–Crippen LogP) is 6.61. The number of phenolic OH excluding ortho intramolecular Hbond substituents is 1. The van der Waals surface area contributed by atoms with E-state index in [0.29, 0.717) is 25.3 Å². The second-order valence-corrected chi connectivity index (χ2v) is 16.8. The Hall–Kier alpha value is -3.05. The summed E-state index contributed by atoms with van der Waals surface area (Å²) in [6.45, 7) is 13.9. The summed E-state index contributed by atoms with van der Waals surface area (Å²) in [4.78, 5) is 25.0. The van der Waals surface area contributed by atoms with E-state index >= 15 is 0 Å². The maximum absolute atomic E-state index is 11.9. The number of unbranched alkanes of at least 4 members (excludes halogenated alkanes) is 3. The first-order chi connectivity index (χ1) is 19.4. The molecule has 0 aliphatic carbocycles. The third kappa shape index (κ3) is 9.49. The van der Waals surface area contributed by atoms with Gasteiger partial charge in [0.1, 0.15) is 5.75 Å². The van der Waals surface area contributed by atoms with Crippen molar-refractivity contribution in [1.29, 1.82) is 0 Å². The summed E-state index contributed by atoms with van der Waals surface area (Å²) in [6.07, 6.45) is 4.74. The minimum absolute atomic E-state index is 0.0379. The zero-order valence-corrected chi connectivity index (χ0v) is 26.0. The Bertz CT molecular complexity index is 1330. The van der Waals surface area contributed by atoms with Gasteiger partial charge in [-0.25, -0.2) is 0 Å². The minimum Gasteiger partial charge on any atom is -0.506 e. The second-order valence-electron chi connectivity index (χ2n) is 12.1. The minimum atomic E-state index is -2.10. The lowest BCUT2D eigenvalue weighted by molar-refractivity contribution is -0.384. The van der Waals surface area contributed by atoms with Gasteiger partial charge in [0.25, 0.3) is 5.69 Å². The molecule has 0 saturated heterocycles. The maximum atomic E-state index is 11.9. The predicted molar refractivity (Wildman–Crippen MR) is 166 cm³/mol. The quantitative estimate of drug-likeness (QED) is 0.0749. The largest absolute Gasteiger partial charge is 0.506 e. The number of hydrogen-bond acceptors (Lipinski definition) is 7. The molecule has 0 bridgehead atoms. The normalized spacial score (nSPS) is 13.0. The zero-order chi connectivity index (χ0) is 30.0. The molecular weight excluding hydrogens is 538 g/mol. The van der Waals surface area contributed by atoms with Crippen LogP contribution in [-0.2, 0) is 15.6 Å². The number of pyridine rings is 1. The molecule has 1 unspecified atom stereocenters. The van der Waals surface area contributed by atoms with E-state index in [1.807, 2.05) is 6.07 Å². The number of non-ortho nitro benzene ring substituents is 1. The molecule has 0 aliphatic rings. The van der Waals surface area contributed by atoms with Crippen LogP contribution in [0.1, 0.15) is 63.7 Å². The van der Waals surface area contributed by atoms with E-state index in [2.05, 4.69) is 44.2 Å². The topological polar surface area (TPSA) is 127 Å². The van der Waals surface area contributed by atoms with Gasteiger partial charge in [0, 0.05) is 36.7 Å². The van der Waals surface area contributed by atoms with Crippen LogP contribution >= 0.6 is 0 Å². The zero-order valence-electron chi connectivity index (χ0n) is 25.0. The summed E-state index contributed by atoms with van der Waals surface area (Å²) in [6, 6.07) is 13.4. The smallest absolute Gasteiger partial charge is 0.269 e. The molecule has 0 amide bonds. The number of rotatable bonds is 16. The molecule has 0 saturated carbocycles. The van der Waals surface area contributed by atoms with Crippen molar-refractivity contribution in [2.24, 2.45) is 0 Å². The number of nitrogens with one attached hydrogen (secondary N) is 2. The summed E-state index contributed by atoms with van der Waals surface area (Å²) in [5.41, 5.74) is 2.28. The average molecular weight is 584 g/mol. The van der Waals surface area contributed by atoms with Gasteiger partial charge < -0.3 is 24.6 Å². The molecule has 0 aliphatic heterocycles. The molecule has 0 radical (unpaired) electrons. The first-order valence-corrected chi connectivity index (χ1v) is 17.3. The Kier molecular flexibility index (Phi) is 11.7. The third-order valence-electron chi connectivity index (χ3n) is 7.90. The van der Waals surface area contributed by atoms with E-state index in [1.54, 1.807) is 24.3 Å². The van der Waals surface area contributed by atoms with Crippen LogP contribution in [0, 0.1) is 10.1 Å². The average Bonchev–Trinajstić information content (AvgIpc) is 2.91. The number of benzene rings is 2. The number of ether oxygens (including phenoxy) is 1. The molecule has 41 heavy (non-hydrogen) atoms. The first kappa shape index (κ1) is 32.5. The highest BCUT2D eigenvalue weighted by molar-refractivity contribution is 6.74. The second kappa shape index (κ2) is 14.7. The van der Waals surface area contributed by atoms with E-state index in [4.69, 9.17) is 9.16 Å². The van der Waals surface area contributed by atoms with Gasteiger partial charge in [-0.3, -0.25) is 14.9 Å².